The molecule has 6 heteroatoms. The van der Waals surface area contributed by atoms with Gasteiger partial charge in [0.25, 0.3) is 0 Å². The van der Waals surface area contributed by atoms with Gasteiger partial charge in [-0.1, -0.05) is 52.3 Å². The van der Waals surface area contributed by atoms with Crippen LogP contribution in [-0.4, -0.2) is 47.1 Å². The molecule has 0 amide bonds. The minimum Gasteiger partial charge on any atom is -0.451 e. The van der Waals surface area contributed by atoms with Crippen LogP contribution in [-0.2, 0) is 23.8 Å². The Kier molecular flexibility index (Phi) is 5.74. The van der Waals surface area contributed by atoms with Crippen molar-refractivity contribution in [1.29, 1.82) is 0 Å². The molecule has 3 fully saturated rings. The van der Waals surface area contributed by atoms with Crippen LogP contribution in [0.4, 0.5) is 0 Å². The number of hydrogen-bond donors (Lipinski definition) is 1. The number of fused-ring (bicyclic) bond motifs is 5. The molecule has 0 aromatic rings. The van der Waals surface area contributed by atoms with Crippen molar-refractivity contribution in [2.24, 2.45) is 39.9 Å². The smallest absolute Gasteiger partial charge is 0.335 e. The molecule has 6 rings (SSSR count). The number of rotatable bonds is 2. The number of carbonyl (C=O) groups is 2. The summed E-state index contributed by atoms with van der Waals surface area (Å²) in [6, 6.07) is 0. The van der Waals surface area contributed by atoms with Crippen LogP contribution in [0.15, 0.2) is 34.4 Å². The van der Waals surface area contributed by atoms with Gasteiger partial charge in [-0.25, -0.2) is 4.79 Å². The standard InChI is InChI=1S/C33H46O6/c1-17-11-10-12-29(4,5)23(17)28(35)38-26-18(2)15-32-19(3)13-22-24(30(22,6)7)21(25(32)34)14-20-16-37-31(8,9)39-27(20)33(26,32)36/h14-15,19,21-22,24,26-27,36H,10-13,16H2,1-9H3/t19-,21+,22-,24+,26+,27-,32+,33-/m1/s1. The third kappa shape index (κ3) is 3.50. The molecule has 1 spiro atoms. The van der Waals surface area contributed by atoms with Gasteiger partial charge in [-0.15, -0.1) is 0 Å². The molecule has 0 radical (unpaired) electrons. The number of hydrogen-bond acceptors (Lipinski definition) is 6. The lowest BCUT2D eigenvalue weighted by Crippen LogP contribution is -2.68. The second-order valence-corrected chi connectivity index (χ2v) is 15.2. The van der Waals surface area contributed by atoms with Crippen molar-refractivity contribution >= 4 is 11.8 Å². The van der Waals surface area contributed by atoms with Gasteiger partial charge in [0.15, 0.2) is 23.3 Å². The first-order valence-electron chi connectivity index (χ1n) is 14.9. The second-order valence-electron chi connectivity index (χ2n) is 15.2. The van der Waals surface area contributed by atoms with E-state index in [0.29, 0.717) is 11.5 Å². The molecule has 39 heavy (non-hydrogen) atoms. The molecule has 1 saturated heterocycles. The highest BCUT2D eigenvalue weighted by Crippen LogP contribution is 2.72. The van der Waals surface area contributed by atoms with Gasteiger partial charge in [0.1, 0.15) is 6.10 Å². The van der Waals surface area contributed by atoms with E-state index in [1.54, 1.807) is 0 Å². The quantitative estimate of drug-likeness (QED) is 0.359. The zero-order valence-corrected chi connectivity index (χ0v) is 25.1. The Morgan fingerprint density at radius 3 is 2.49 bits per heavy atom. The maximum atomic E-state index is 14.8. The van der Waals surface area contributed by atoms with Crippen LogP contribution in [0, 0.1) is 39.9 Å². The maximum absolute atomic E-state index is 14.8. The minimum absolute atomic E-state index is 0.0326. The molecule has 0 aromatic heterocycles. The van der Waals surface area contributed by atoms with Gasteiger partial charge < -0.3 is 19.3 Å². The fourth-order valence-corrected chi connectivity index (χ4v) is 9.54. The Morgan fingerprint density at radius 1 is 1.13 bits per heavy atom. The lowest BCUT2D eigenvalue weighted by molar-refractivity contribution is -0.303. The van der Waals surface area contributed by atoms with Crippen LogP contribution in [0.25, 0.3) is 0 Å². The normalized spacial score (nSPS) is 45.1. The highest BCUT2D eigenvalue weighted by Gasteiger charge is 2.77. The van der Waals surface area contributed by atoms with E-state index in [1.165, 1.54) is 0 Å². The summed E-state index contributed by atoms with van der Waals surface area (Å²) >= 11 is 0. The van der Waals surface area contributed by atoms with Crippen LogP contribution >= 0.6 is 0 Å². The van der Waals surface area contributed by atoms with E-state index in [2.05, 4.69) is 34.6 Å². The molecule has 0 unspecified atom stereocenters. The van der Waals surface area contributed by atoms with Crippen LogP contribution in [0.1, 0.15) is 88.0 Å². The molecule has 214 valence electrons. The predicted molar refractivity (Wildman–Crippen MR) is 147 cm³/mol. The van der Waals surface area contributed by atoms with E-state index < -0.39 is 35.0 Å². The molecule has 8 atom stereocenters. The van der Waals surface area contributed by atoms with Crippen LogP contribution in [0.2, 0.25) is 0 Å². The summed E-state index contributed by atoms with van der Waals surface area (Å²) in [6.07, 6.45) is 5.80. The summed E-state index contributed by atoms with van der Waals surface area (Å²) in [5.41, 5.74) is -0.0117. The first kappa shape index (κ1) is 27.4. The highest BCUT2D eigenvalue weighted by atomic mass is 16.7. The van der Waals surface area contributed by atoms with Crippen molar-refractivity contribution in [1.82, 2.24) is 0 Å². The molecule has 0 aromatic carbocycles. The molecular formula is C33H46O6. The lowest BCUT2D eigenvalue weighted by atomic mass is 9.58. The Bertz CT molecular complexity index is 1230. The van der Waals surface area contributed by atoms with E-state index in [-0.39, 0.29) is 41.0 Å². The Morgan fingerprint density at radius 2 is 1.82 bits per heavy atom. The molecule has 1 heterocycles. The van der Waals surface area contributed by atoms with E-state index in [9.17, 15) is 14.7 Å². The molecule has 1 N–H and O–H groups in total. The lowest BCUT2D eigenvalue weighted by Gasteiger charge is -2.53. The number of esters is 1. The molecule has 6 aliphatic rings. The molecular weight excluding hydrogens is 492 g/mol. The van der Waals surface area contributed by atoms with Gasteiger partial charge in [-0.05, 0) is 93.1 Å². The van der Waals surface area contributed by atoms with E-state index >= 15 is 0 Å². The number of ether oxygens (including phenoxy) is 3. The van der Waals surface area contributed by atoms with Crippen molar-refractivity contribution in [3.8, 4) is 0 Å². The molecule has 2 saturated carbocycles. The summed E-state index contributed by atoms with van der Waals surface area (Å²) in [5, 5.41) is 13.2. The topological polar surface area (TPSA) is 82.1 Å². The summed E-state index contributed by atoms with van der Waals surface area (Å²) in [5.74, 6) is -1.20. The van der Waals surface area contributed by atoms with E-state index in [0.717, 1.165) is 42.4 Å². The fourth-order valence-electron chi connectivity index (χ4n) is 9.54. The van der Waals surface area contributed by atoms with Gasteiger partial charge >= 0.3 is 5.97 Å². The molecule has 1 aliphatic heterocycles. The zero-order valence-electron chi connectivity index (χ0n) is 25.1. The van der Waals surface area contributed by atoms with Crippen LogP contribution < -0.4 is 0 Å². The van der Waals surface area contributed by atoms with Crippen LogP contribution in [0.3, 0.4) is 0 Å². The van der Waals surface area contributed by atoms with Crippen molar-refractivity contribution in [2.45, 2.75) is 112 Å². The van der Waals surface area contributed by atoms with Crippen molar-refractivity contribution in [3.05, 3.63) is 34.4 Å². The van der Waals surface area contributed by atoms with Gasteiger partial charge in [-0.2, -0.15) is 0 Å². The number of Topliss-reactive ketones (excluding diaryl/α,β-unsaturated/α-hetero) is 1. The molecule has 6 nitrogen and oxygen atoms in total. The summed E-state index contributed by atoms with van der Waals surface area (Å²) in [4.78, 5) is 28.8. The highest BCUT2D eigenvalue weighted by molar-refractivity contribution is 5.96. The number of aliphatic hydroxyl groups is 1. The van der Waals surface area contributed by atoms with Gasteiger partial charge in [0, 0.05) is 11.5 Å². The van der Waals surface area contributed by atoms with Gasteiger partial charge in [-0.3, -0.25) is 4.79 Å². The molecule has 2 bridgehead atoms. The first-order chi connectivity index (χ1) is 18.0. The first-order valence-corrected chi connectivity index (χ1v) is 14.9. The maximum Gasteiger partial charge on any atom is 0.335 e. The summed E-state index contributed by atoms with van der Waals surface area (Å²) < 4.78 is 19.0. The Hall–Kier alpha value is -1.76. The van der Waals surface area contributed by atoms with Crippen molar-refractivity contribution in [3.63, 3.8) is 0 Å². The Balaban J connectivity index is 1.51. The number of allylic oxidation sites excluding steroid dienone is 2. The predicted octanol–water partition coefficient (Wildman–Crippen LogP) is 5.69. The molecule has 5 aliphatic carbocycles. The summed E-state index contributed by atoms with van der Waals surface area (Å²) in [7, 11) is 0. The second kappa shape index (κ2) is 8.17. The zero-order chi connectivity index (χ0) is 28.5. The van der Waals surface area contributed by atoms with Crippen molar-refractivity contribution < 1.29 is 28.9 Å². The van der Waals surface area contributed by atoms with Gasteiger partial charge in [0.2, 0.25) is 0 Å². The largest absolute Gasteiger partial charge is 0.451 e. The van der Waals surface area contributed by atoms with E-state index in [1.807, 2.05) is 39.8 Å². The number of ketones is 1. The minimum atomic E-state index is -1.78. The van der Waals surface area contributed by atoms with Gasteiger partial charge in [0.05, 0.1) is 12.0 Å². The third-order valence-electron chi connectivity index (χ3n) is 11.6. The van der Waals surface area contributed by atoms with Crippen molar-refractivity contribution in [2.75, 3.05) is 6.61 Å². The third-order valence-corrected chi connectivity index (χ3v) is 11.6. The summed E-state index contributed by atoms with van der Waals surface area (Å²) in [6.45, 7) is 18.6. The monoisotopic (exact) mass is 538 g/mol. The average molecular weight is 539 g/mol. The number of carbonyl (C=O) groups excluding carboxylic acids is 2. The fraction of sp³-hybridized carbons (Fsp3) is 0.758. The van der Waals surface area contributed by atoms with E-state index in [4.69, 9.17) is 14.2 Å². The average Bonchev–Trinajstić information content (AvgIpc) is 3.31. The van der Waals surface area contributed by atoms with Crippen LogP contribution in [0.5, 0.6) is 0 Å². The Labute approximate surface area is 233 Å². The SMILES string of the molecule is CC1=C[C@]23C(=O)[C@@H](C=C4COC(C)(C)O[C@H]4[C@]2(O)[C@H]1OC(=O)C1=C(C)CCCC1(C)C)[C@H]1[C@@H](C[C@H]3C)C1(C)C.